The fourth-order valence-corrected chi connectivity index (χ4v) is 3.33. The van der Waals surface area contributed by atoms with Crippen molar-refractivity contribution >= 4 is 0 Å². The molecule has 0 heterocycles. The van der Waals surface area contributed by atoms with E-state index in [-0.39, 0.29) is 11.9 Å². The van der Waals surface area contributed by atoms with Crippen molar-refractivity contribution in [1.82, 2.24) is 5.32 Å². The maximum atomic E-state index is 13.5. The molecule has 2 rings (SSSR count). The van der Waals surface area contributed by atoms with Crippen LogP contribution in [0.3, 0.4) is 0 Å². The minimum Gasteiger partial charge on any atom is -0.496 e. The topological polar surface area (TPSA) is 21.3 Å². The van der Waals surface area contributed by atoms with Crippen LogP contribution < -0.4 is 10.1 Å². The summed E-state index contributed by atoms with van der Waals surface area (Å²) < 4.78 is 18.8. The Bertz CT molecular complexity index is 458. The van der Waals surface area contributed by atoms with Crippen molar-refractivity contribution < 1.29 is 9.13 Å². The minimum absolute atomic E-state index is 0.0968. The summed E-state index contributed by atoms with van der Waals surface area (Å²) in [6.45, 7) is 6.74. The second kappa shape index (κ2) is 6.13. The Morgan fingerprint density at radius 3 is 2.80 bits per heavy atom. The molecular weight excluding hydrogens is 253 g/mol. The summed E-state index contributed by atoms with van der Waals surface area (Å²) in [4.78, 5) is 0. The number of hydrogen-bond acceptors (Lipinski definition) is 2. The van der Waals surface area contributed by atoms with E-state index in [0.29, 0.717) is 11.5 Å². The first kappa shape index (κ1) is 15.3. The normalized spacial score (nSPS) is 23.4. The van der Waals surface area contributed by atoms with Crippen LogP contribution in [0.2, 0.25) is 0 Å². The molecular formula is C17H26FNO. The van der Waals surface area contributed by atoms with E-state index >= 15 is 0 Å². The lowest BCUT2D eigenvalue weighted by molar-refractivity contribution is 0.190. The molecule has 2 atom stereocenters. The second-order valence-corrected chi connectivity index (χ2v) is 6.73. The third-order valence-corrected chi connectivity index (χ3v) is 4.35. The summed E-state index contributed by atoms with van der Waals surface area (Å²) in [5.74, 6) is 0.542. The van der Waals surface area contributed by atoms with Crippen LogP contribution in [0, 0.1) is 11.2 Å². The Morgan fingerprint density at radius 2 is 2.15 bits per heavy atom. The van der Waals surface area contributed by atoms with Gasteiger partial charge in [0, 0.05) is 17.6 Å². The zero-order valence-electron chi connectivity index (χ0n) is 13.0. The van der Waals surface area contributed by atoms with E-state index in [9.17, 15) is 4.39 Å². The first-order valence-corrected chi connectivity index (χ1v) is 7.51. The van der Waals surface area contributed by atoms with Crippen molar-refractivity contribution in [2.45, 2.75) is 58.5 Å². The third-order valence-electron chi connectivity index (χ3n) is 4.35. The maximum absolute atomic E-state index is 13.5. The minimum atomic E-state index is -0.210. The van der Waals surface area contributed by atoms with Crippen LogP contribution in [0.5, 0.6) is 5.75 Å². The van der Waals surface area contributed by atoms with E-state index in [0.717, 1.165) is 11.3 Å². The van der Waals surface area contributed by atoms with E-state index in [4.69, 9.17) is 4.74 Å². The average Bonchev–Trinajstić information content (AvgIpc) is 2.37. The van der Waals surface area contributed by atoms with Gasteiger partial charge in [-0.1, -0.05) is 20.3 Å². The molecule has 1 fully saturated rings. The van der Waals surface area contributed by atoms with Gasteiger partial charge < -0.3 is 10.1 Å². The van der Waals surface area contributed by atoms with Gasteiger partial charge in [-0.2, -0.15) is 0 Å². The predicted octanol–water partition coefficient (Wildman–Crippen LogP) is 4.45. The molecule has 2 unspecified atom stereocenters. The van der Waals surface area contributed by atoms with E-state index in [1.54, 1.807) is 19.2 Å². The number of ether oxygens (including phenoxy) is 1. The Balaban J connectivity index is 2.08. The first-order chi connectivity index (χ1) is 9.41. The van der Waals surface area contributed by atoms with Gasteiger partial charge in [-0.25, -0.2) is 4.39 Å². The molecule has 0 aliphatic heterocycles. The maximum Gasteiger partial charge on any atom is 0.123 e. The van der Waals surface area contributed by atoms with Gasteiger partial charge in [0.15, 0.2) is 0 Å². The van der Waals surface area contributed by atoms with Gasteiger partial charge in [-0.15, -0.1) is 0 Å². The highest BCUT2D eigenvalue weighted by Crippen LogP contribution is 2.36. The molecule has 112 valence electrons. The van der Waals surface area contributed by atoms with Crippen LogP contribution >= 0.6 is 0 Å². The van der Waals surface area contributed by atoms with Crippen molar-refractivity contribution in [1.29, 1.82) is 0 Å². The molecule has 20 heavy (non-hydrogen) atoms. The van der Waals surface area contributed by atoms with Crippen LogP contribution in [-0.2, 0) is 0 Å². The number of benzene rings is 1. The van der Waals surface area contributed by atoms with E-state index in [2.05, 4.69) is 26.1 Å². The Morgan fingerprint density at radius 1 is 1.40 bits per heavy atom. The van der Waals surface area contributed by atoms with E-state index in [1.165, 1.54) is 31.7 Å². The fraction of sp³-hybridized carbons (Fsp3) is 0.647. The lowest BCUT2D eigenvalue weighted by Gasteiger charge is -2.37. The summed E-state index contributed by atoms with van der Waals surface area (Å²) in [7, 11) is 1.63. The molecule has 0 saturated heterocycles. The highest BCUT2D eigenvalue weighted by Gasteiger charge is 2.29. The van der Waals surface area contributed by atoms with Crippen molar-refractivity contribution in [2.24, 2.45) is 5.41 Å². The van der Waals surface area contributed by atoms with Gasteiger partial charge in [0.1, 0.15) is 11.6 Å². The standard InChI is InChI=1S/C17H26FNO/c1-12(15-10-13(18)7-8-16(15)20-4)19-14-6-5-9-17(2,3)11-14/h7-8,10,12,14,19H,5-6,9,11H2,1-4H3. The lowest BCUT2D eigenvalue weighted by atomic mass is 9.75. The van der Waals surface area contributed by atoms with Crippen LogP contribution in [0.25, 0.3) is 0 Å². The molecule has 1 aromatic carbocycles. The summed E-state index contributed by atoms with van der Waals surface area (Å²) in [5.41, 5.74) is 1.30. The Hall–Kier alpha value is -1.09. The molecule has 1 aromatic rings. The summed E-state index contributed by atoms with van der Waals surface area (Å²) in [5, 5.41) is 3.65. The van der Waals surface area contributed by atoms with E-state index < -0.39 is 0 Å². The Kier molecular flexibility index (Phi) is 4.69. The highest BCUT2D eigenvalue weighted by atomic mass is 19.1. The molecule has 1 saturated carbocycles. The number of halogens is 1. The van der Waals surface area contributed by atoms with Crippen LogP contribution in [0.4, 0.5) is 4.39 Å². The summed E-state index contributed by atoms with van der Waals surface area (Å²) >= 11 is 0. The number of methoxy groups -OCH3 is 1. The molecule has 3 heteroatoms. The molecule has 2 nitrogen and oxygen atoms in total. The monoisotopic (exact) mass is 279 g/mol. The van der Waals surface area contributed by atoms with Gasteiger partial charge in [-0.05, 0) is 49.8 Å². The van der Waals surface area contributed by atoms with Crippen LogP contribution in [0.1, 0.15) is 58.1 Å². The summed E-state index contributed by atoms with van der Waals surface area (Å²) in [6, 6.07) is 5.32. The quantitative estimate of drug-likeness (QED) is 0.879. The van der Waals surface area contributed by atoms with Crippen molar-refractivity contribution in [2.75, 3.05) is 7.11 Å². The fourth-order valence-electron chi connectivity index (χ4n) is 3.33. The van der Waals surface area contributed by atoms with Crippen LogP contribution in [-0.4, -0.2) is 13.2 Å². The lowest BCUT2D eigenvalue weighted by Crippen LogP contribution is -2.38. The molecule has 1 aliphatic rings. The zero-order valence-corrected chi connectivity index (χ0v) is 13.0. The van der Waals surface area contributed by atoms with Gasteiger partial charge in [-0.3, -0.25) is 0 Å². The van der Waals surface area contributed by atoms with Gasteiger partial charge in [0.2, 0.25) is 0 Å². The number of hydrogen-bond donors (Lipinski definition) is 1. The number of nitrogens with one attached hydrogen (secondary N) is 1. The highest BCUT2D eigenvalue weighted by molar-refractivity contribution is 5.36. The third kappa shape index (κ3) is 3.72. The molecule has 0 aromatic heterocycles. The van der Waals surface area contributed by atoms with Crippen LogP contribution in [0.15, 0.2) is 18.2 Å². The van der Waals surface area contributed by atoms with E-state index in [1.807, 2.05) is 0 Å². The summed E-state index contributed by atoms with van der Waals surface area (Å²) in [6.07, 6.45) is 4.93. The Labute approximate surface area is 121 Å². The molecule has 0 spiro atoms. The van der Waals surface area contributed by atoms with Crippen molar-refractivity contribution in [3.63, 3.8) is 0 Å². The molecule has 1 N–H and O–H groups in total. The van der Waals surface area contributed by atoms with Crippen molar-refractivity contribution in [3.8, 4) is 5.75 Å². The largest absolute Gasteiger partial charge is 0.496 e. The van der Waals surface area contributed by atoms with Gasteiger partial charge in [0.05, 0.1) is 7.11 Å². The molecule has 0 radical (unpaired) electrons. The second-order valence-electron chi connectivity index (χ2n) is 6.73. The smallest absolute Gasteiger partial charge is 0.123 e. The zero-order chi connectivity index (χ0) is 14.8. The predicted molar refractivity (Wildman–Crippen MR) is 80.5 cm³/mol. The molecule has 0 amide bonds. The SMILES string of the molecule is COc1ccc(F)cc1C(C)NC1CCCC(C)(C)C1. The first-order valence-electron chi connectivity index (χ1n) is 7.51. The van der Waals surface area contributed by atoms with Gasteiger partial charge >= 0.3 is 0 Å². The number of rotatable bonds is 4. The van der Waals surface area contributed by atoms with Crippen molar-refractivity contribution in [3.05, 3.63) is 29.6 Å². The van der Waals surface area contributed by atoms with Gasteiger partial charge in [0.25, 0.3) is 0 Å². The average molecular weight is 279 g/mol. The molecule has 0 bridgehead atoms. The molecule has 1 aliphatic carbocycles.